The number of hydrogen-bond donors (Lipinski definition) is 3. The van der Waals surface area contributed by atoms with Crippen molar-refractivity contribution in [2.75, 3.05) is 20.3 Å². The molecule has 0 bridgehead atoms. The number of nitrogens with two attached hydrogens (primary N) is 1. The Kier molecular flexibility index (Phi) is 4.95. The molecule has 1 aliphatic rings. The highest BCUT2D eigenvalue weighted by atomic mass is 16.5. The van der Waals surface area contributed by atoms with Crippen molar-refractivity contribution in [1.82, 2.24) is 0 Å². The third kappa shape index (κ3) is 2.68. The normalized spacial score (nSPS) is 41.8. The van der Waals surface area contributed by atoms with Gasteiger partial charge in [-0.1, -0.05) is 6.92 Å². The van der Waals surface area contributed by atoms with E-state index in [2.05, 4.69) is 0 Å². The van der Waals surface area contributed by atoms with Crippen LogP contribution in [0.5, 0.6) is 0 Å². The van der Waals surface area contributed by atoms with Crippen molar-refractivity contribution in [1.29, 1.82) is 0 Å². The molecule has 5 nitrogen and oxygen atoms in total. The lowest BCUT2D eigenvalue weighted by molar-refractivity contribution is -0.173. The summed E-state index contributed by atoms with van der Waals surface area (Å²) in [6.07, 6.45) is -0.587. The summed E-state index contributed by atoms with van der Waals surface area (Å²) >= 11 is 0. The maximum Gasteiger partial charge on any atom is 0.0989 e. The zero-order valence-corrected chi connectivity index (χ0v) is 9.30. The summed E-state index contributed by atoms with van der Waals surface area (Å²) in [5.74, 6) is -0.0990. The van der Waals surface area contributed by atoms with Crippen LogP contribution >= 0.6 is 0 Å². The summed E-state index contributed by atoms with van der Waals surface area (Å²) in [7, 11) is 1.56. The fourth-order valence-electron chi connectivity index (χ4n) is 2.14. The van der Waals surface area contributed by atoms with Gasteiger partial charge in [0.15, 0.2) is 0 Å². The van der Waals surface area contributed by atoms with E-state index in [1.54, 1.807) is 7.11 Å². The van der Waals surface area contributed by atoms with Crippen molar-refractivity contribution >= 4 is 0 Å². The summed E-state index contributed by atoms with van der Waals surface area (Å²) in [5.41, 5.74) is 5.85. The van der Waals surface area contributed by atoms with Gasteiger partial charge < -0.3 is 25.4 Å². The molecule has 1 aliphatic heterocycles. The highest BCUT2D eigenvalue weighted by Gasteiger charge is 2.41. The molecule has 0 aromatic rings. The lowest BCUT2D eigenvalue weighted by Crippen LogP contribution is -2.60. The second-order valence-corrected chi connectivity index (χ2v) is 3.99. The van der Waals surface area contributed by atoms with E-state index in [9.17, 15) is 5.11 Å². The quantitative estimate of drug-likeness (QED) is 0.571. The number of rotatable bonds is 4. The predicted molar refractivity (Wildman–Crippen MR) is 55.4 cm³/mol. The minimum Gasteiger partial charge on any atom is -0.394 e. The minimum atomic E-state index is -0.638. The van der Waals surface area contributed by atoms with Gasteiger partial charge in [0.1, 0.15) is 0 Å². The molecule has 1 saturated heterocycles. The van der Waals surface area contributed by atoms with Crippen LogP contribution in [0, 0.1) is 5.92 Å². The van der Waals surface area contributed by atoms with E-state index in [1.165, 1.54) is 0 Å². The number of ether oxygens (including phenoxy) is 2. The van der Waals surface area contributed by atoms with Crippen LogP contribution in [-0.4, -0.2) is 54.9 Å². The minimum absolute atomic E-state index is 0.0947. The number of aliphatic hydroxyl groups is 2. The second-order valence-electron chi connectivity index (χ2n) is 3.99. The first-order valence-corrected chi connectivity index (χ1v) is 5.34. The summed E-state index contributed by atoms with van der Waals surface area (Å²) < 4.78 is 10.6. The van der Waals surface area contributed by atoms with Crippen LogP contribution in [0.1, 0.15) is 13.3 Å². The van der Waals surface area contributed by atoms with Crippen molar-refractivity contribution in [3.63, 3.8) is 0 Å². The maximum absolute atomic E-state index is 9.96. The van der Waals surface area contributed by atoms with Crippen molar-refractivity contribution in [2.45, 2.75) is 37.7 Å². The fourth-order valence-corrected chi connectivity index (χ4v) is 2.14. The van der Waals surface area contributed by atoms with E-state index in [1.807, 2.05) is 6.92 Å². The summed E-state index contributed by atoms with van der Waals surface area (Å²) in [5, 5.41) is 19.1. The molecule has 0 saturated carbocycles. The molecule has 5 heteroatoms. The van der Waals surface area contributed by atoms with Crippen LogP contribution in [-0.2, 0) is 9.47 Å². The summed E-state index contributed by atoms with van der Waals surface area (Å²) in [4.78, 5) is 0. The van der Waals surface area contributed by atoms with Gasteiger partial charge in [-0.2, -0.15) is 0 Å². The van der Waals surface area contributed by atoms with E-state index in [0.29, 0.717) is 6.61 Å². The molecule has 2 unspecified atom stereocenters. The molecule has 0 radical (unpaired) electrons. The average Bonchev–Trinajstić information content (AvgIpc) is 2.24. The smallest absolute Gasteiger partial charge is 0.0989 e. The summed E-state index contributed by atoms with van der Waals surface area (Å²) in [6, 6.07) is -0.447. The van der Waals surface area contributed by atoms with E-state index >= 15 is 0 Å². The third-order valence-corrected chi connectivity index (χ3v) is 3.07. The second kappa shape index (κ2) is 5.77. The van der Waals surface area contributed by atoms with E-state index in [-0.39, 0.29) is 24.7 Å². The van der Waals surface area contributed by atoms with Gasteiger partial charge in [-0.15, -0.1) is 0 Å². The Morgan fingerprint density at radius 1 is 1.40 bits per heavy atom. The molecule has 15 heavy (non-hydrogen) atoms. The van der Waals surface area contributed by atoms with E-state index < -0.39 is 12.1 Å². The van der Waals surface area contributed by atoms with Crippen LogP contribution in [0.25, 0.3) is 0 Å². The van der Waals surface area contributed by atoms with Gasteiger partial charge in [-0.3, -0.25) is 0 Å². The van der Waals surface area contributed by atoms with Gasteiger partial charge in [0, 0.05) is 13.0 Å². The number of hydrogen-bond acceptors (Lipinski definition) is 5. The van der Waals surface area contributed by atoms with Gasteiger partial charge in [-0.05, 0) is 6.42 Å². The molecular weight excluding hydrogens is 198 g/mol. The lowest BCUT2D eigenvalue weighted by Gasteiger charge is -2.42. The van der Waals surface area contributed by atoms with Crippen LogP contribution in [0.3, 0.4) is 0 Å². The predicted octanol–water partition coefficient (Wildman–Crippen LogP) is -0.893. The Balaban J connectivity index is 2.68. The lowest BCUT2D eigenvalue weighted by atomic mass is 9.84. The highest BCUT2D eigenvalue weighted by molar-refractivity contribution is 4.93. The zero-order chi connectivity index (χ0) is 11.4. The SMILES string of the molecule is CC[C@H]1C(O)C(N)[C@H](COC)O[C@H]1CO. The van der Waals surface area contributed by atoms with Crippen LogP contribution < -0.4 is 5.73 Å². The van der Waals surface area contributed by atoms with E-state index in [0.717, 1.165) is 6.42 Å². The Morgan fingerprint density at radius 2 is 2.07 bits per heavy atom. The first kappa shape index (κ1) is 12.9. The van der Waals surface area contributed by atoms with Crippen molar-refractivity contribution in [3.8, 4) is 0 Å². The van der Waals surface area contributed by atoms with Crippen molar-refractivity contribution in [3.05, 3.63) is 0 Å². The van der Waals surface area contributed by atoms with Gasteiger partial charge in [0.2, 0.25) is 0 Å². The van der Waals surface area contributed by atoms with Crippen LogP contribution in [0.2, 0.25) is 0 Å². The Bertz CT molecular complexity index is 186. The molecule has 1 rings (SSSR count). The fraction of sp³-hybridized carbons (Fsp3) is 1.00. The average molecular weight is 219 g/mol. The van der Waals surface area contributed by atoms with Gasteiger partial charge in [0.25, 0.3) is 0 Å². The number of methoxy groups -OCH3 is 1. The third-order valence-electron chi connectivity index (χ3n) is 3.07. The van der Waals surface area contributed by atoms with Crippen LogP contribution in [0.15, 0.2) is 0 Å². The first-order chi connectivity index (χ1) is 7.15. The highest BCUT2D eigenvalue weighted by Crippen LogP contribution is 2.27. The molecule has 0 aromatic carbocycles. The molecule has 0 aromatic heterocycles. The standard InChI is InChI=1S/C10H21NO4/c1-3-6-7(4-12)15-8(5-14-2)9(11)10(6)13/h6-10,12-13H,3-5,11H2,1-2H3/t6-,7+,8+,9?,10?/m1/s1. The maximum atomic E-state index is 9.96. The number of aliphatic hydroxyl groups excluding tert-OH is 2. The molecule has 1 heterocycles. The summed E-state index contributed by atoms with van der Waals surface area (Å²) in [6.45, 7) is 2.19. The zero-order valence-electron chi connectivity index (χ0n) is 9.30. The van der Waals surface area contributed by atoms with Crippen molar-refractivity contribution < 1.29 is 19.7 Å². The molecule has 1 fully saturated rings. The molecule has 5 atom stereocenters. The van der Waals surface area contributed by atoms with Gasteiger partial charge >= 0.3 is 0 Å². The molecule has 0 spiro atoms. The van der Waals surface area contributed by atoms with Crippen molar-refractivity contribution in [2.24, 2.45) is 11.7 Å². The first-order valence-electron chi connectivity index (χ1n) is 5.34. The largest absolute Gasteiger partial charge is 0.394 e. The molecule has 90 valence electrons. The van der Waals surface area contributed by atoms with Gasteiger partial charge in [0.05, 0.1) is 37.6 Å². The van der Waals surface area contributed by atoms with Gasteiger partial charge in [-0.25, -0.2) is 0 Å². The molecular formula is C10H21NO4. The van der Waals surface area contributed by atoms with E-state index in [4.69, 9.17) is 20.3 Å². The molecule has 0 amide bonds. The molecule has 0 aliphatic carbocycles. The topological polar surface area (TPSA) is 84.9 Å². The Labute approximate surface area is 90.2 Å². The molecule has 4 N–H and O–H groups in total. The van der Waals surface area contributed by atoms with Crippen LogP contribution in [0.4, 0.5) is 0 Å². The Morgan fingerprint density at radius 3 is 2.53 bits per heavy atom. The monoisotopic (exact) mass is 219 g/mol. The Hall–Kier alpha value is -0.200.